The number of benzene rings is 2. The van der Waals surface area contributed by atoms with Crippen LogP contribution in [0.3, 0.4) is 0 Å². The van der Waals surface area contributed by atoms with Gasteiger partial charge in [0.1, 0.15) is 5.69 Å². The Morgan fingerprint density at radius 1 is 1.11 bits per heavy atom. The van der Waals surface area contributed by atoms with Crippen molar-refractivity contribution in [2.45, 2.75) is 19.8 Å². The van der Waals surface area contributed by atoms with Crippen LogP contribution in [0.1, 0.15) is 41.4 Å². The van der Waals surface area contributed by atoms with E-state index in [9.17, 15) is 4.79 Å². The summed E-state index contributed by atoms with van der Waals surface area (Å²) in [5.41, 5.74) is 3.29. The van der Waals surface area contributed by atoms with E-state index >= 15 is 0 Å². The average Bonchev–Trinajstić information content (AvgIpc) is 2.68. The van der Waals surface area contributed by atoms with Gasteiger partial charge in [0.25, 0.3) is 5.91 Å². The van der Waals surface area contributed by atoms with Crippen LogP contribution in [-0.2, 0) is 0 Å². The summed E-state index contributed by atoms with van der Waals surface area (Å²) in [6.07, 6.45) is 1.52. The summed E-state index contributed by atoms with van der Waals surface area (Å²) in [4.78, 5) is 21.0. The van der Waals surface area contributed by atoms with Crippen LogP contribution in [0.5, 0.6) is 0 Å². The van der Waals surface area contributed by atoms with Gasteiger partial charge in [-0.25, -0.2) is 9.97 Å². The standard InChI is InChI=1S/C21H19N5O/c1-14(2)17-8-3-4-9-18(17)25-20(27)19-10-11-23-21(26-19)24-16-7-5-6-15(12-16)13-22/h3-12,14H,1-2H3,(H,25,27)(H,23,24,26). The zero-order valence-corrected chi connectivity index (χ0v) is 15.1. The Labute approximate surface area is 157 Å². The summed E-state index contributed by atoms with van der Waals surface area (Å²) >= 11 is 0. The van der Waals surface area contributed by atoms with E-state index in [-0.39, 0.29) is 23.5 Å². The minimum Gasteiger partial charge on any atom is -0.324 e. The number of nitrogens with zero attached hydrogens (tertiary/aromatic N) is 3. The lowest BCUT2D eigenvalue weighted by atomic mass is 10.0. The van der Waals surface area contributed by atoms with Crippen molar-refractivity contribution in [1.29, 1.82) is 5.26 Å². The predicted molar refractivity (Wildman–Crippen MR) is 105 cm³/mol. The number of hydrogen-bond donors (Lipinski definition) is 2. The lowest BCUT2D eigenvalue weighted by Crippen LogP contribution is -2.16. The minimum atomic E-state index is -0.306. The topological polar surface area (TPSA) is 90.7 Å². The number of rotatable bonds is 5. The van der Waals surface area contributed by atoms with Crippen LogP contribution >= 0.6 is 0 Å². The van der Waals surface area contributed by atoms with Gasteiger partial charge in [-0.3, -0.25) is 4.79 Å². The highest BCUT2D eigenvalue weighted by Crippen LogP contribution is 2.24. The maximum absolute atomic E-state index is 12.6. The first-order valence-electron chi connectivity index (χ1n) is 8.57. The number of nitrogens with one attached hydrogen (secondary N) is 2. The first-order chi connectivity index (χ1) is 13.1. The minimum absolute atomic E-state index is 0.252. The molecule has 2 N–H and O–H groups in total. The summed E-state index contributed by atoms with van der Waals surface area (Å²) in [5, 5.41) is 14.9. The molecule has 0 aliphatic rings. The van der Waals surface area contributed by atoms with Crippen LogP contribution in [0.2, 0.25) is 0 Å². The van der Waals surface area contributed by atoms with Crippen molar-refractivity contribution >= 4 is 23.2 Å². The molecule has 0 spiro atoms. The maximum Gasteiger partial charge on any atom is 0.274 e. The quantitative estimate of drug-likeness (QED) is 0.703. The average molecular weight is 357 g/mol. The number of anilines is 3. The van der Waals surface area contributed by atoms with Gasteiger partial charge in [0.05, 0.1) is 11.6 Å². The zero-order chi connectivity index (χ0) is 19.2. The van der Waals surface area contributed by atoms with Crippen molar-refractivity contribution < 1.29 is 4.79 Å². The number of carbonyl (C=O) groups excluding carboxylic acids is 1. The molecule has 0 atom stereocenters. The molecule has 6 nitrogen and oxygen atoms in total. The second kappa shape index (κ2) is 8.11. The fourth-order valence-corrected chi connectivity index (χ4v) is 2.64. The lowest BCUT2D eigenvalue weighted by Gasteiger charge is -2.13. The van der Waals surface area contributed by atoms with Gasteiger partial charge in [-0.1, -0.05) is 38.1 Å². The lowest BCUT2D eigenvalue weighted by molar-refractivity contribution is 0.102. The summed E-state index contributed by atoms with van der Waals surface area (Å²) in [6.45, 7) is 4.15. The molecule has 0 aliphatic carbocycles. The highest BCUT2D eigenvalue weighted by Gasteiger charge is 2.13. The second-order valence-electron chi connectivity index (χ2n) is 6.28. The van der Waals surface area contributed by atoms with E-state index in [0.29, 0.717) is 11.3 Å². The third kappa shape index (κ3) is 4.47. The highest BCUT2D eigenvalue weighted by atomic mass is 16.1. The van der Waals surface area contributed by atoms with Crippen molar-refractivity contribution in [3.63, 3.8) is 0 Å². The summed E-state index contributed by atoms with van der Waals surface area (Å²) in [7, 11) is 0. The fourth-order valence-electron chi connectivity index (χ4n) is 2.64. The Kier molecular flexibility index (Phi) is 5.43. The van der Waals surface area contributed by atoms with Crippen LogP contribution in [-0.4, -0.2) is 15.9 Å². The SMILES string of the molecule is CC(C)c1ccccc1NC(=O)c1ccnc(Nc2cccc(C#N)c2)n1. The van der Waals surface area contributed by atoms with Gasteiger partial charge in [-0.2, -0.15) is 5.26 Å². The Bertz CT molecular complexity index is 1010. The molecule has 6 heteroatoms. The van der Waals surface area contributed by atoms with E-state index < -0.39 is 0 Å². The predicted octanol–water partition coefficient (Wildman–Crippen LogP) is 4.47. The van der Waals surface area contributed by atoms with E-state index in [2.05, 4.69) is 40.5 Å². The van der Waals surface area contributed by atoms with Crippen LogP contribution in [0.15, 0.2) is 60.8 Å². The Balaban J connectivity index is 1.79. The molecule has 0 saturated heterocycles. The van der Waals surface area contributed by atoms with Gasteiger partial charge in [0, 0.05) is 17.6 Å². The summed E-state index contributed by atoms with van der Waals surface area (Å²) in [5.74, 6) is 0.269. The molecule has 0 aliphatic heterocycles. The van der Waals surface area contributed by atoms with E-state index in [1.165, 1.54) is 6.20 Å². The van der Waals surface area contributed by atoms with E-state index in [4.69, 9.17) is 5.26 Å². The van der Waals surface area contributed by atoms with E-state index in [0.717, 1.165) is 11.3 Å². The zero-order valence-electron chi connectivity index (χ0n) is 15.1. The molecule has 0 fully saturated rings. The number of hydrogen-bond acceptors (Lipinski definition) is 5. The van der Waals surface area contributed by atoms with Crippen molar-refractivity contribution in [2.24, 2.45) is 0 Å². The van der Waals surface area contributed by atoms with E-state index in [1.54, 1.807) is 30.3 Å². The van der Waals surface area contributed by atoms with Crippen LogP contribution in [0, 0.1) is 11.3 Å². The first-order valence-corrected chi connectivity index (χ1v) is 8.57. The third-order valence-corrected chi connectivity index (χ3v) is 3.97. The molecular formula is C21H19N5O. The largest absolute Gasteiger partial charge is 0.324 e. The summed E-state index contributed by atoms with van der Waals surface area (Å²) < 4.78 is 0. The Hall–Kier alpha value is -3.72. The van der Waals surface area contributed by atoms with Gasteiger partial charge in [-0.15, -0.1) is 0 Å². The number of amides is 1. The molecule has 134 valence electrons. The molecule has 0 bridgehead atoms. The third-order valence-electron chi connectivity index (χ3n) is 3.97. The monoisotopic (exact) mass is 357 g/mol. The number of para-hydroxylation sites is 1. The van der Waals surface area contributed by atoms with E-state index in [1.807, 2.05) is 24.3 Å². The molecule has 27 heavy (non-hydrogen) atoms. The Morgan fingerprint density at radius 2 is 1.93 bits per heavy atom. The molecule has 1 amide bonds. The van der Waals surface area contributed by atoms with Gasteiger partial charge in [-0.05, 0) is 41.8 Å². The van der Waals surface area contributed by atoms with Crippen molar-refractivity contribution in [2.75, 3.05) is 10.6 Å². The molecular weight excluding hydrogens is 338 g/mol. The second-order valence-corrected chi connectivity index (χ2v) is 6.28. The maximum atomic E-state index is 12.6. The molecule has 3 aromatic rings. The Morgan fingerprint density at radius 3 is 2.70 bits per heavy atom. The first kappa shape index (κ1) is 18.1. The van der Waals surface area contributed by atoms with Gasteiger partial charge < -0.3 is 10.6 Å². The molecule has 0 radical (unpaired) electrons. The normalized spacial score (nSPS) is 10.3. The smallest absolute Gasteiger partial charge is 0.274 e. The van der Waals surface area contributed by atoms with Gasteiger partial charge >= 0.3 is 0 Å². The van der Waals surface area contributed by atoms with Gasteiger partial charge in [0.15, 0.2) is 0 Å². The van der Waals surface area contributed by atoms with Gasteiger partial charge in [0.2, 0.25) is 5.95 Å². The molecule has 1 heterocycles. The van der Waals surface area contributed by atoms with Crippen LogP contribution in [0.25, 0.3) is 0 Å². The number of nitriles is 1. The fraction of sp³-hybridized carbons (Fsp3) is 0.143. The van der Waals surface area contributed by atoms with Crippen molar-refractivity contribution in [1.82, 2.24) is 9.97 Å². The van der Waals surface area contributed by atoms with Crippen LogP contribution < -0.4 is 10.6 Å². The highest BCUT2D eigenvalue weighted by molar-refractivity contribution is 6.03. The number of carbonyl (C=O) groups is 1. The number of aromatic nitrogens is 2. The molecule has 2 aromatic carbocycles. The molecule has 0 saturated carbocycles. The molecule has 3 rings (SSSR count). The summed E-state index contributed by atoms with van der Waals surface area (Å²) in [6, 6.07) is 18.3. The molecule has 0 unspecified atom stereocenters. The molecule has 1 aromatic heterocycles. The van der Waals surface area contributed by atoms with Crippen molar-refractivity contribution in [3.8, 4) is 6.07 Å². The van der Waals surface area contributed by atoms with Crippen LogP contribution in [0.4, 0.5) is 17.3 Å². The van der Waals surface area contributed by atoms with Crippen molar-refractivity contribution in [3.05, 3.63) is 77.6 Å².